The number of likely N-dealkylation sites (N-methyl/N-ethyl adjacent to an activating group) is 1. The molecule has 0 aromatic heterocycles. The van der Waals surface area contributed by atoms with Gasteiger partial charge in [-0.3, -0.25) is 9.59 Å². The van der Waals surface area contributed by atoms with Gasteiger partial charge in [-0.1, -0.05) is 72.3 Å². The molecule has 0 radical (unpaired) electrons. The summed E-state index contributed by atoms with van der Waals surface area (Å²) < 4.78 is 5.47. The van der Waals surface area contributed by atoms with Gasteiger partial charge in [0.1, 0.15) is 17.7 Å². The van der Waals surface area contributed by atoms with Crippen molar-refractivity contribution in [3.63, 3.8) is 0 Å². The maximum Gasteiger partial charge on any atom is 0.408 e. The molecule has 0 fully saturated rings. The number of carbonyl (C=O) groups is 3. The summed E-state index contributed by atoms with van der Waals surface area (Å²) in [4.78, 5) is 42.3. The molecule has 0 saturated carbocycles. The van der Waals surface area contributed by atoms with Crippen LogP contribution in [0.1, 0.15) is 60.2 Å². The molecule has 3 amide bonds. The van der Waals surface area contributed by atoms with Crippen molar-refractivity contribution in [1.82, 2.24) is 10.2 Å². The maximum absolute atomic E-state index is 14.1. The SMILES string of the molecule is Cc1ccc(C(C(=O)Nc2c(C)cccc2C)N(C)C(=O)C(Cc2ccccc2)NC(=O)OC(C)(C)C)c(C)c1. The second-order valence-corrected chi connectivity index (χ2v) is 11.4. The van der Waals surface area contributed by atoms with Crippen LogP contribution in [0.4, 0.5) is 10.5 Å². The van der Waals surface area contributed by atoms with Crippen molar-refractivity contribution in [3.8, 4) is 0 Å². The molecule has 3 aromatic rings. The minimum Gasteiger partial charge on any atom is -0.444 e. The third-order valence-electron chi connectivity index (χ3n) is 6.70. The van der Waals surface area contributed by atoms with Crippen LogP contribution in [0.3, 0.4) is 0 Å². The second kappa shape index (κ2) is 12.8. The number of nitrogens with zero attached hydrogens (tertiary/aromatic N) is 1. The van der Waals surface area contributed by atoms with Crippen LogP contribution in [-0.2, 0) is 20.7 Å². The average Bonchev–Trinajstić information content (AvgIpc) is 2.86. The van der Waals surface area contributed by atoms with E-state index in [-0.39, 0.29) is 12.3 Å². The van der Waals surface area contributed by atoms with Gasteiger partial charge >= 0.3 is 6.09 Å². The molecule has 7 nitrogen and oxygen atoms in total. The summed E-state index contributed by atoms with van der Waals surface area (Å²) in [7, 11) is 1.60. The molecule has 2 N–H and O–H groups in total. The van der Waals surface area contributed by atoms with Gasteiger partial charge in [-0.05, 0) is 76.3 Å². The van der Waals surface area contributed by atoms with Crippen molar-refractivity contribution in [3.05, 3.63) is 100 Å². The van der Waals surface area contributed by atoms with E-state index >= 15 is 0 Å². The number of alkyl carbamates (subject to hydrolysis) is 1. The predicted octanol–water partition coefficient (Wildman–Crippen LogP) is 6.19. The molecule has 0 spiro atoms. The minimum atomic E-state index is -0.955. The van der Waals surface area contributed by atoms with Gasteiger partial charge in [-0.15, -0.1) is 0 Å². The lowest BCUT2D eigenvalue weighted by Crippen LogP contribution is -2.52. The summed E-state index contributed by atoms with van der Waals surface area (Å²) >= 11 is 0. The van der Waals surface area contributed by atoms with Crippen molar-refractivity contribution in [1.29, 1.82) is 0 Å². The second-order valence-electron chi connectivity index (χ2n) is 11.4. The molecule has 0 aliphatic heterocycles. The van der Waals surface area contributed by atoms with Crippen molar-refractivity contribution in [2.45, 2.75) is 72.6 Å². The van der Waals surface area contributed by atoms with E-state index in [1.165, 1.54) is 4.90 Å². The first-order valence-electron chi connectivity index (χ1n) is 13.5. The van der Waals surface area contributed by atoms with Gasteiger partial charge in [0.15, 0.2) is 0 Å². The molecular weight excluding hydrogens is 502 g/mol. The van der Waals surface area contributed by atoms with Crippen LogP contribution < -0.4 is 10.6 Å². The molecule has 7 heteroatoms. The summed E-state index contributed by atoms with van der Waals surface area (Å²) in [5.74, 6) is -0.743. The molecule has 0 aliphatic rings. The Kier molecular flexibility index (Phi) is 9.74. The van der Waals surface area contributed by atoms with E-state index in [4.69, 9.17) is 4.74 Å². The number of hydrogen-bond donors (Lipinski definition) is 2. The van der Waals surface area contributed by atoms with Crippen LogP contribution in [0.2, 0.25) is 0 Å². The molecule has 0 heterocycles. The van der Waals surface area contributed by atoms with E-state index in [1.54, 1.807) is 27.8 Å². The van der Waals surface area contributed by atoms with Crippen LogP contribution >= 0.6 is 0 Å². The fourth-order valence-corrected chi connectivity index (χ4v) is 4.73. The number of nitrogens with one attached hydrogen (secondary N) is 2. The quantitative estimate of drug-likeness (QED) is 0.354. The summed E-state index contributed by atoms with van der Waals surface area (Å²) in [5, 5.41) is 5.83. The van der Waals surface area contributed by atoms with Crippen LogP contribution in [0.15, 0.2) is 66.7 Å². The lowest BCUT2D eigenvalue weighted by molar-refractivity contribution is -0.139. The highest BCUT2D eigenvalue weighted by molar-refractivity contribution is 6.00. The molecular formula is C33H41N3O4. The van der Waals surface area contributed by atoms with E-state index in [0.717, 1.165) is 33.5 Å². The molecule has 212 valence electrons. The van der Waals surface area contributed by atoms with E-state index in [1.807, 2.05) is 94.4 Å². The van der Waals surface area contributed by atoms with Gasteiger partial charge in [0.25, 0.3) is 5.91 Å². The predicted molar refractivity (Wildman–Crippen MR) is 159 cm³/mol. The Morgan fingerprint density at radius 2 is 1.48 bits per heavy atom. The molecule has 3 rings (SSSR count). The lowest BCUT2D eigenvalue weighted by atomic mass is 9.96. The van der Waals surface area contributed by atoms with Gasteiger partial charge in [0, 0.05) is 19.2 Å². The Balaban J connectivity index is 2.01. The van der Waals surface area contributed by atoms with Gasteiger partial charge in [-0.25, -0.2) is 4.79 Å². The maximum atomic E-state index is 14.1. The molecule has 3 aromatic carbocycles. The Morgan fingerprint density at radius 3 is 2.05 bits per heavy atom. The number of carbonyl (C=O) groups excluding carboxylic acids is 3. The van der Waals surface area contributed by atoms with Crippen molar-refractivity contribution in [2.75, 3.05) is 12.4 Å². The first-order chi connectivity index (χ1) is 18.8. The molecule has 0 bridgehead atoms. The van der Waals surface area contributed by atoms with Crippen LogP contribution in [0, 0.1) is 27.7 Å². The fourth-order valence-electron chi connectivity index (χ4n) is 4.73. The zero-order valence-corrected chi connectivity index (χ0v) is 24.8. The Morgan fingerprint density at radius 1 is 0.850 bits per heavy atom. The van der Waals surface area contributed by atoms with Crippen LogP contribution in [0.25, 0.3) is 0 Å². The van der Waals surface area contributed by atoms with E-state index in [9.17, 15) is 14.4 Å². The molecule has 2 atom stereocenters. The van der Waals surface area contributed by atoms with Crippen molar-refractivity contribution >= 4 is 23.6 Å². The fraction of sp³-hybridized carbons (Fsp3) is 0.364. The number of benzene rings is 3. The molecule has 2 unspecified atom stereocenters. The number of anilines is 1. The van der Waals surface area contributed by atoms with E-state index in [2.05, 4.69) is 10.6 Å². The Bertz CT molecular complexity index is 1340. The summed E-state index contributed by atoms with van der Waals surface area (Å²) in [6, 6.07) is 19.2. The highest BCUT2D eigenvalue weighted by atomic mass is 16.6. The number of ether oxygens (including phenoxy) is 1. The molecule has 40 heavy (non-hydrogen) atoms. The Hall–Kier alpha value is -4.13. The van der Waals surface area contributed by atoms with Gasteiger partial charge in [0.2, 0.25) is 5.91 Å². The third kappa shape index (κ3) is 7.94. The number of hydrogen-bond acceptors (Lipinski definition) is 4. The topological polar surface area (TPSA) is 87.7 Å². The first kappa shape index (κ1) is 30.4. The standard InChI is InChI=1S/C33H41N3O4/c1-21-17-18-26(24(4)19-21)29(30(37)35-28-22(2)13-12-14-23(28)3)36(8)31(38)27(20-25-15-10-9-11-16-25)34-32(39)40-33(5,6)7/h9-19,27,29H,20H2,1-8H3,(H,34,39)(H,35,37). The summed E-state index contributed by atoms with van der Waals surface area (Å²) in [5.41, 5.74) is 5.36. The number of rotatable bonds is 8. The van der Waals surface area contributed by atoms with Crippen molar-refractivity contribution in [2.24, 2.45) is 0 Å². The highest BCUT2D eigenvalue weighted by Crippen LogP contribution is 2.28. The van der Waals surface area contributed by atoms with Gasteiger partial charge in [-0.2, -0.15) is 0 Å². The van der Waals surface area contributed by atoms with Crippen LogP contribution in [0.5, 0.6) is 0 Å². The van der Waals surface area contributed by atoms with E-state index in [0.29, 0.717) is 5.56 Å². The highest BCUT2D eigenvalue weighted by Gasteiger charge is 2.35. The largest absolute Gasteiger partial charge is 0.444 e. The van der Waals surface area contributed by atoms with Gasteiger partial charge < -0.3 is 20.3 Å². The summed E-state index contributed by atoms with van der Waals surface area (Å²) in [6.45, 7) is 13.1. The number of aryl methyl sites for hydroxylation is 4. The molecule has 0 saturated heterocycles. The number of amides is 3. The number of para-hydroxylation sites is 1. The first-order valence-corrected chi connectivity index (χ1v) is 13.5. The lowest BCUT2D eigenvalue weighted by Gasteiger charge is -2.32. The smallest absolute Gasteiger partial charge is 0.408 e. The molecule has 0 aliphatic carbocycles. The monoisotopic (exact) mass is 543 g/mol. The van der Waals surface area contributed by atoms with Crippen molar-refractivity contribution < 1.29 is 19.1 Å². The zero-order chi connectivity index (χ0) is 29.6. The third-order valence-corrected chi connectivity index (χ3v) is 6.70. The average molecular weight is 544 g/mol. The zero-order valence-electron chi connectivity index (χ0n) is 24.8. The van der Waals surface area contributed by atoms with E-state index < -0.39 is 29.7 Å². The minimum absolute atomic E-state index is 0.237. The van der Waals surface area contributed by atoms with Crippen LogP contribution in [-0.4, -0.2) is 41.5 Å². The normalized spacial score (nSPS) is 12.7. The Labute approximate surface area is 237 Å². The van der Waals surface area contributed by atoms with Gasteiger partial charge in [0.05, 0.1) is 0 Å². The summed E-state index contributed by atoms with van der Waals surface area (Å²) in [6.07, 6.45) is -0.459.